The van der Waals surface area contributed by atoms with E-state index in [1.165, 1.54) is 11.1 Å². The van der Waals surface area contributed by atoms with Gasteiger partial charge in [0.05, 0.1) is 6.61 Å². The molecule has 0 saturated heterocycles. The molecule has 1 N–H and O–H groups in total. The van der Waals surface area contributed by atoms with Gasteiger partial charge in [0, 0.05) is 31.1 Å². The zero-order chi connectivity index (χ0) is 13.8. The lowest BCUT2D eigenvalue weighted by Crippen LogP contribution is -2.32. The summed E-state index contributed by atoms with van der Waals surface area (Å²) >= 11 is 0. The molecule has 0 radical (unpaired) electrons. The molecule has 0 saturated carbocycles. The highest BCUT2D eigenvalue weighted by atomic mass is 16.5. The molecule has 1 heterocycles. The number of likely N-dealkylation sites (N-methyl/N-ethyl adjacent to an activating group) is 1. The standard InChI is InChI=1S/C16H26N2O/c1-12(2)13-6-5-7-14-15(8-11-19-16(13)14)17-9-10-18(3)4/h5-7,12,15,17H,8-11H2,1-4H3. The third-order valence-corrected chi connectivity index (χ3v) is 3.68. The van der Waals surface area contributed by atoms with Crippen molar-refractivity contribution in [3.05, 3.63) is 29.3 Å². The van der Waals surface area contributed by atoms with Crippen LogP contribution < -0.4 is 10.1 Å². The van der Waals surface area contributed by atoms with Crippen molar-refractivity contribution in [2.24, 2.45) is 0 Å². The van der Waals surface area contributed by atoms with Crippen molar-refractivity contribution in [2.45, 2.75) is 32.2 Å². The molecule has 0 bridgehead atoms. The van der Waals surface area contributed by atoms with Gasteiger partial charge in [-0.05, 0) is 25.6 Å². The summed E-state index contributed by atoms with van der Waals surface area (Å²) < 4.78 is 5.92. The Kier molecular flexibility index (Phi) is 4.83. The van der Waals surface area contributed by atoms with Crippen molar-refractivity contribution in [2.75, 3.05) is 33.8 Å². The molecule has 1 atom stereocenters. The highest BCUT2D eigenvalue weighted by molar-refractivity contribution is 5.46. The van der Waals surface area contributed by atoms with E-state index in [9.17, 15) is 0 Å². The molecule has 1 unspecified atom stereocenters. The van der Waals surface area contributed by atoms with Crippen LogP contribution in [0.1, 0.15) is 43.4 Å². The average molecular weight is 262 g/mol. The third kappa shape index (κ3) is 3.48. The number of nitrogens with one attached hydrogen (secondary N) is 1. The molecule has 0 spiro atoms. The Bertz CT molecular complexity index is 415. The molecule has 0 aliphatic carbocycles. The van der Waals surface area contributed by atoms with E-state index in [1.54, 1.807) is 0 Å². The van der Waals surface area contributed by atoms with Crippen LogP contribution in [0.25, 0.3) is 0 Å². The number of rotatable bonds is 5. The lowest BCUT2D eigenvalue weighted by atomic mass is 9.93. The highest BCUT2D eigenvalue weighted by Crippen LogP contribution is 2.37. The smallest absolute Gasteiger partial charge is 0.127 e. The van der Waals surface area contributed by atoms with E-state index in [2.05, 4.69) is 56.4 Å². The van der Waals surface area contributed by atoms with E-state index in [1.807, 2.05) is 0 Å². The van der Waals surface area contributed by atoms with Gasteiger partial charge in [-0.2, -0.15) is 0 Å². The zero-order valence-electron chi connectivity index (χ0n) is 12.6. The summed E-state index contributed by atoms with van der Waals surface area (Å²) in [5.74, 6) is 1.63. The summed E-state index contributed by atoms with van der Waals surface area (Å²) in [6.45, 7) is 7.35. The maximum absolute atomic E-state index is 5.92. The summed E-state index contributed by atoms with van der Waals surface area (Å²) in [7, 11) is 4.22. The van der Waals surface area contributed by atoms with Gasteiger partial charge < -0.3 is 15.0 Å². The van der Waals surface area contributed by atoms with Crippen molar-refractivity contribution in [3.8, 4) is 5.75 Å². The molecule has 3 nitrogen and oxygen atoms in total. The second kappa shape index (κ2) is 6.40. The second-order valence-corrected chi connectivity index (χ2v) is 5.87. The first-order valence-corrected chi connectivity index (χ1v) is 7.23. The lowest BCUT2D eigenvalue weighted by molar-refractivity contribution is 0.246. The number of fused-ring (bicyclic) bond motifs is 1. The number of hydrogen-bond acceptors (Lipinski definition) is 3. The van der Waals surface area contributed by atoms with Crippen LogP contribution >= 0.6 is 0 Å². The van der Waals surface area contributed by atoms with E-state index in [4.69, 9.17) is 4.74 Å². The molecule has 1 aliphatic heterocycles. The largest absolute Gasteiger partial charge is 0.493 e. The quantitative estimate of drug-likeness (QED) is 0.883. The Morgan fingerprint density at radius 2 is 2.16 bits per heavy atom. The van der Waals surface area contributed by atoms with E-state index in [0.29, 0.717) is 12.0 Å². The van der Waals surface area contributed by atoms with Crippen LogP contribution in [0.5, 0.6) is 5.75 Å². The Labute approximate surface area is 116 Å². The van der Waals surface area contributed by atoms with Crippen molar-refractivity contribution < 1.29 is 4.74 Å². The molecule has 1 aromatic rings. The minimum absolute atomic E-state index is 0.433. The molecule has 0 amide bonds. The van der Waals surface area contributed by atoms with Crippen molar-refractivity contribution in [3.63, 3.8) is 0 Å². The minimum Gasteiger partial charge on any atom is -0.493 e. The number of nitrogens with zero attached hydrogens (tertiary/aromatic N) is 1. The van der Waals surface area contributed by atoms with E-state index in [0.717, 1.165) is 31.9 Å². The molecular weight excluding hydrogens is 236 g/mol. The van der Waals surface area contributed by atoms with Crippen molar-refractivity contribution >= 4 is 0 Å². The van der Waals surface area contributed by atoms with Gasteiger partial charge in [-0.3, -0.25) is 0 Å². The monoisotopic (exact) mass is 262 g/mol. The molecule has 0 aromatic heterocycles. The number of ether oxygens (including phenoxy) is 1. The molecule has 1 aliphatic rings. The Balaban J connectivity index is 2.13. The molecule has 19 heavy (non-hydrogen) atoms. The summed E-state index contributed by atoms with van der Waals surface area (Å²) in [6, 6.07) is 6.98. The lowest BCUT2D eigenvalue weighted by Gasteiger charge is -2.29. The van der Waals surface area contributed by atoms with Crippen LogP contribution in [0.3, 0.4) is 0 Å². The maximum atomic E-state index is 5.92. The highest BCUT2D eigenvalue weighted by Gasteiger charge is 2.23. The van der Waals surface area contributed by atoms with Crippen molar-refractivity contribution in [1.82, 2.24) is 10.2 Å². The predicted molar refractivity (Wildman–Crippen MR) is 79.9 cm³/mol. The van der Waals surface area contributed by atoms with Gasteiger partial charge in [-0.15, -0.1) is 0 Å². The van der Waals surface area contributed by atoms with Gasteiger partial charge in [-0.25, -0.2) is 0 Å². The summed E-state index contributed by atoms with van der Waals surface area (Å²) in [4.78, 5) is 2.21. The molecule has 106 valence electrons. The Morgan fingerprint density at radius 3 is 2.84 bits per heavy atom. The fraction of sp³-hybridized carbons (Fsp3) is 0.625. The van der Waals surface area contributed by atoms with E-state index >= 15 is 0 Å². The van der Waals surface area contributed by atoms with Gasteiger partial charge in [0.1, 0.15) is 5.75 Å². The van der Waals surface area contributed by atoms with E-state index < -0.39 is 0 Å². The SMILES string of the molecule is CC(C)c1cccc2c1OCCC2NCCN(C)C. The molecule has 3 heteroatoms. The first-order valence-electron chi connectivity index (χ1n) is 7.23. The van der Waals surface area contributed by atoms with E-state index in [-0.39, 0.29) is 0 Å². The maximum Gasteiger partial charge on any atom is 0.127 e. The average Bonchev–Trinajstić information content (AvgIpc) is 2.37. The van der Waals surface area contributed by atoms with Crippen LogP contribution in [0.2, 0.25) is 0 Å². The van der Waals surface area contributed by atoms with Gasteiger partial charge >= 0.3 is 0 Å². The number of para-hydroxylation sites is 1. The number of benzene rings is 1. The molecule has 1 aromatic carbocycles. The van der Waals surface area contributed by atoms with Crippen LogP contribution in [0, 0.1) is 0 Å². The minimum atomic E-state index is 0.433. The molecular formula is C16H26N2O. The van der Waals surface area contributed by atoms with Gasteiger partial charge in [0.2, 0.25) is 0 Å². The first kappa shape index (κ1) is 14.4. The van der Waals surface area contributed by atoms with Gasteiger partial charge in [0.15, 0.2) is 0 Å². The fourth-order valence-corrected chi connectivity index (χ4v) is 2.58. The summed E-state index contributed by atoms with van der Waals surface area (Å²) in [5.41, 5.74) is 2.66. The number of hydrogen-bond donors (Lipinski definition) is 1. The molecule has 0 fully saturated rings. The zero-order valence-corrected chi connectivity index (χ0v) is 12.6. The van der Waals surface area contributed by atoms with Crippen LogP contribution in [0.4, 0.5) is 0 Å². The van der Waals surface area contributed by atoms with Gasteiger partial charge in [-0.1, -0.05) is 32.0 Å². The topological polar surface area (TPSA) is 24.5 Å². The van der Waals surface area contributed by atoms with Crippen LogP contribution in [0.15, 0.2) is 18.2 Å². The predicted octanol–water partition coefficient (Wildman–Crippen LogP) is 2.78. The molecule has 2 rings (SSSR count). The van der Waals surface area contributed by atoms with Crippen LogP contribution in [-0.4, -0.2) is 38.7 Å². The summed E-state index contributed by atoms with van der Waals surface area (Å²) in [5, 5.41) is 3.65. The second-order valence-electron chi connectivity index (χ2n) is 5.87. The Hall–Kier alpha value is -1.06. The van der Waals surface area contributed by atoms with Gasteiger partial charge in [0.25, 0.3) is 0 Å². The fourth-order valence-electron chi connectivity index (χ4n) is 2.58. The Morgan fingerprint density at radius 1 is 1.37 bits per heavy atom. The first-order chi connectivity index (χ1) is 9.09. The third-order valence-electron chi connectivity index (χ3n) is 3.68. The normalized spacial score (nSPS) is 18.5. The summed E-state index contributed by atoms with van der Waals surface area (Å²) in [6.07, 6.45) is 1.06. The van der Waals surface area contributed by atoms with Crippen LogP contribution in [-0.2, 0) is 0 Å². The van der Waals surface area contributed by atoms with Crippen molar-refractivity contribution in [1.29, 1.82) is 0 Å².